The van der Waals surface area contributed by atoms with Gasteiger partial charge in [0.15, 0.2) is 0 Å². The molecule has 0 unspecified atom stereocenters. The normalized spacial score (nSPS) is 11.7. The topological polar surface area (TPSA) is 51.3 Å². The van der Waals surface area contributed by atoms with Crippen molar-refractivity contribution >= 4 is 28.6 Å². The summed E-state index contributed by atoms with van der Waals surface area (Å²) in [6.07, 6.45) is 1.66. The van der Waals surface area contributed by atoms with Gasteiger partial charge in [0.1, 0.15) is 11.5 Å². The van der Waals surface area contributed by atoms with E-state index < -0.39 is 0 Å². The van der Waals surface area contributed by atoms with Crippen molar-refractivity contribution in [3.05, 3.63) is 40.7 Å². The molecule has 0 saturated carbocycles. The molecule has 2 N–H and O–H groups in total. The molecule has 76 valence electrons. The Morgan fingerprint density at radius 1 is 1.40 bits per heavy atom. The predicted molar refractivity (Wildman–Crippen MR) is 64.8 cm³/mol. The highest BCUT2D eigenvalue weighted by Crippen LogP contribution is 2.20. The standard InChI is InChI=1S/C11H11N3S/c1-8(10-5-3-7-15-10)14-9-4-2-6-13-11(9)12/h2-7H,1H3,(H2,12,13). The first-order chi connectivity index (χ1) is 7.27. The minimum absolute atomic E-state index is 0.466. The Kier molecular flexibility index (Phi) is 2.78. The average molecular weight is 217 g/mol. The fourth-order valence-corrected chi connectivity index (χ4v) is 1.90. The zero-order chi connectivity index (χ0) is 10.7. The Morgan fingerprint density at radius 2 is 2.27 bits per heavy atom. The van der Waals surface area contributed by atoms with E-state index in [2.05, 4.69) is 9.98 Å². The smallest absolute Gasteiger partial charge is 0.149 e. The second-order valence-corrected chi connectivity index (χ2v) is 4.03. The number of rotatable bonds is 2. The molecule has 0 aliphatic heterocycles. The highest BCUT2D eigenvalue weighted by atomic mass is 32.1. The maximum Gasteiger partial charge on any atom is 0.149 e. The maximum absolute atomic E-state index is 5.71. The number of nitrogens with zero attached hydrogens (tertiary/aromatic N) is 2. The molecule has 2 heterocycles. The van der Waals surface area contributed by atoms with Crippen molar-refractivity contribution in [3.8, 4) is 0 Å². The number of hydrogen-bond acceptors (Lipinski definition) is 4. The van der Waals surface area contributed by atoms with Gasteiger partial charge in [-0.25, -0.2) is 9.98 Å². The molecule has 2 rings (SSSR count). The van der Waals surface area contributed by atoms with Crippen molar-refractivity contribution < 1.29 is 0 Å². The van der Waals surface area contributed by atoms with Crippen LogP contribution in [0.5, 0.6) is 0 Å². The molecule has 2 aromatic heterocycles. The minimum Gasteiger partial charge on any atom is -0.382 e. The maximum atomic E-state index is 5.71. The van der Waals surface area contributed by atoms with E-state index in [1.54, 1.807) is 17.5 Å². The summed E-state index contributed by atoms with van der Waals surface area (Å²) in [4.78, 5) is 9.58. The lowest BCUT2D eigenvalue weighted by atomic mass is 10.3. The first kappa shape index (κ1) is 9.86. The Hall–Kier alpha value is -1.68. The summed E-state index contributed by atoms with van der Waals surface area (Å²) in [6, 6.07) is 7.73. The highest BCUT2D eigenvalue weighted by Gasteiger charge is 2.00. The third kappa shape index (κ3) is 2.22. The summed E-state index contributed by atoms with van der Waals surface area (Å²) < 4.78 is 0. The third-order valence-electron chi connectivity index (χ3n) is 1.98. The molecule has 3 nitrogen and oxygen atoms in total. The summed E-state index contributed by atoms with van der Waals surface area (Å²) in [5.41, 5.74) is 7.40. The summed E-state index contributed by atoms with van der Waals surface area (Å²) in [7, 11) is 0. The molecular formula is C11H11N3S. The predicted octanol–water partition coefficient (Wildman–Crippen LogP) is 2.87. The molecule has 0 saturated heterocycles. The largest absolute Gasteiger partial charge is 0.382 e. The van der Waals surface area contributed by atoms with Gasteiger partial charge < -0.3 is 5.73 Å². The molecule has 2 aromatic rings. The van der Waals surface area contributed by atoms with Crippen LogP contribution in [0.2, 0.25) is 0 Å². The molecule has 15 heavy (non-hydrogen) atoms. The second kappa shape index (κ2) is 4.23. The first-order valence-electron chi connectivity index (χ1n) is 4.57. The van der Waals surface area contributed by atoms with E-state index >= 15 is 0 Å². The van der Waals surface area contributed by atoms with Gasteiger partial charge in [-0.15, -0.1) is 11.3 Å². The quantitative estimate of drug-likeness (QED) is 0.786. The molecular weight excluding hydrogens is 206 g/mol. The van der Waals surface area contributed by atoms with Crippen LogP contribution in [-0.2, 0) is 0 Å². The molecule has 0 aliphatic rings. The van der Waals surface area contributed by atoms with Gasteiger partial charge in [0.2, 0.25) is 0 Å². The van der Waals surface area contributed by atoms with Gasteiger partial charge in [0.25, 0.3) is 0 Å². The Balaban J connectivity index is 2.35. The van der Waals surface area contributed by atoms with Gasteiger partial charge in [-0.1, -0.05) is 6.07 Å². The van der Waals surface area contributed by atoms with Crippen molar-refractivity contribution in [2.75, 3.05) is 5.73 Å². The van der Waals surface area contributed by atoms with E-state index in [1.165, 1.54) is 0 Å². The van der Waals surface area contributed by atoms with Gasteiger partial charge in [0, 0.05) is 11.1 Å². The van der Waals surface area contributed by atoms with E-state index in [9.17, 15) is 0 Å². The minimum atomic E-state index is 0.466. The Bertz CT molecular complexity index is 474. The lowest BCUT2D eigenvalue weighted by Gasteiger charge is -1.99. The van der Waals surface area contributed by atoms with Gasteiger partial charge in [0.05, 0.1) is 5.71 Å². The van der Waals surface area contributed by atoms with E-state index in [4.69, 9.17) is 5.73 Å². The van der Waals surface area contributed by atoms with E-state index in [1.807, 2.05) is 36.6 Å². The SMILES string of the molecule is CC(=Nc1cccnc1N)c1cccs1. The van der Waals surface area contributed by atoms with Crippen molar-refractivity contribution in [3.63, 3.8) is 0 Å². The molecule has 0 aliphatic carbocycles. The van der Waals surface area contributed by atoms with Gasteiger partial charge >= 0.3 is 0 Å². The summed E-state index contributed by atoms with van der Waals surface area (Å²) in [6.45, 7) is 1.97. The van der Waals surface area contributed by atoms with E-state index in [0.29, 0.717) is 5.82 Å². The van der Waals surface area contributed by atoms with Crippen molar-refractivity contribution in [2.24, 2.45) is 4.99 Å². The molecule has 0 aromatic carbocycles. The molecule has 0 atom stereocenters. The molecule has 0 radical (unpaired) electrons. The fraction of sp³-hybridized carbons (Fsp3) is 0.0909. The summed E-state index contributed by atoms with van der Waals surface area (Å²) >= 11 is 1.66. The van der Waals surface area contributed by atoms with Crippen LogP contribution in [0.15, 0.2) is 40.8 Å². The van der Waals surface area contributed by atoms with Crippen molar-refractivity contribution in [1.82, 2.24) is 4.98 Å². The molecule has 0 fully saturated rings. The monoisotopic (exact) mass is 217 g/mol. The van der Waals surface area contributed by atoms with E-state index in [-0.39, 0.29) is 0 Å². The zero-order valence-corrected chi connectivity index (χ0v) is 9.16. The number of anilines is 1. The number of aromatic nitrogens is 1. The lowest BCUT2D eigenvalue weighted by molar-refractivity contribution is 1.31. The van der Waals surface area contributed by atoms with Crippen LogP contribution in [0, 0.1) is 0 Å². The Morgan fingerprint density at radius 3 is 2.93 bits per heavy atom. The van der Waals surface area contributed by atoms with Gasteiger partial charge in [-0.3, -0.25) is 0 Å². The Labute approximate surface area is 92.3 Å². The fourth-order valence-electron chi connectivity index (χ4n) is 1.22. The molecule has 4 heteroatoms. The highest BCUT2D eigenvalue weighted by molar-refractivity contribution is 7.12. The third-order valence-corrected chi connectivity index (χ3v) is 2.96. The van der Waals surface area contributed by atoms with Crippen molar-refractivity contribution in [2.45, 2.75) is 6.92 Å². The van der Waals surface area contributed by atoms with Gasteiger partial charge in [-0.05, 0) is 30.5 Å². The van der Waals surface area contributed by atoms with Crippen LogP contribution in [0.4, 0.5) is 11.5 Å². The second-order valence-electron chi connectivity index (χ2n) is 3.08. The van der Waals surface area contributed by atoms with Crippen LogP contribution in [0.1, 0.15) is 11.8 Å². The number of hydrogen-bond donors (Lipinski definition) is 1. The molecule has 0 bridgehead atoms. The number of nitrogen functional groups attached to an aromatic ring is 1. The number of nitrogens with two attached hydrogens (primary N) is 1. The molecule has 0 spiro atoms. The first-order valence-corrected chi connectivity index (χ1v) is 5.45. The number of pyridine rings is 1. The van der Waals surface area contributed by atoms with E-state index in [0.717, 1.165) is 16.3 Å². The van der Waals surface area contributed by atoms with Crippen LogP contribution >= 0.6 is 11.3 Å². The summed E-state index contributed by atoms with van der Waals surface area (Å²) in [5.74, 6) is 0.466. The number of thiophene rings is 1. The van der Waals surface area contributed by atoms with Crippen LogP contribution in [0.25, 0.3) is 0 Å². The molecule has 0 amide bonds. The van der Waals surface area contributed by atoms with Crippen molar-refractivity contribution in [1.29, 1.82) is 0 Å². The lowest BCUT2D eigenvalue weighted by Crippen LogP contribution is -1.93. The van der Waals surface area contributed by atoms with Crippen LogP contribution in [-0.4, -0.2) is 10.7 Å². The van der Waals surface area contributed by atoms with Gasteiger partial charge in [-0.2, -0.15) is 0 Å². The van der Waals surface area contributed by atoms with Crippen LogP contribution in [0.3, 0.4) is 0 Å². The zero-order valence-electron chi connectivity index (χ0n) is 8.34. The van der Waals surface area contributed by atoms with Crippen LogP contribution < -0.4 is 5.73 Å². The summed E-state index contributed by atoms with van der Waals surface area (Å²) in [5, 5.41) is 2.03. The average Bonchev–Trinajstić information content (AvgIpc) is 2.74. The number of aliphatic imine (C=N–C) groups is 1.